The molecule has 1 aliphatic rings. The summed E-state index contributed by atoms with van der Waals surface area (Å²) >= 11 is 0. The topological polar surface area (TPSA) is 41.6 Å². The van der Waals surface area contributed by atoms with Crippen molar-refractivity contribution in [1.82, 2.24) is 4.90 Å². The summed E-state index contributed by atoms with van der Waals surface area (Å²) < 4.78 is 5.51. The van der Waals surface area contributed by atoms with Gasteiger partial charge in [-0.15, -0.1) is 0 Å². The van der Waals surface area contributed by atoms with Gasteiger partial charge in [-0.2, -0.15) is 0 Å². The third-order valence-corrected chi connectivity index (χ3v) is 4.78. The van der Waals surface area contributed by atoms with E-state index in [1.54, 1.807) is 0 Å². The predicted octanol–water partition coefficient (Wildman–Crippen LogP) is 4.24. The van der Waals surface area contributed by atoms with Crippen molar-refractivity contribution in [3.05, 3.63) is 59.7 Å². The molecule has 1 unspecified atom stereocenters. The third kappa shape index (κ3) is 5.60. The van der Waals surface area contributed by atoms with Gasteiger partial charge in [0, 0.05) is 18.8 Å². The van der Waals surface area contributed by atoms with Gasteiger partial charge in [0.1, 0.15) is 5.75 Å². The van der Waals surface area contributed by atoms with Gasteiger partial charge in [0.25, 0.3) is 5.91 Å². The number of aryl methyl sites for hydroxylation is 1. The molecule has 0 radical (unpaired) electrons. The van der Waals surface area contributed by atoms with Crippen molar-refractivity contribution in [2.45, 2.75) is 33.2 Å². The second-order valence-corrected chi connectivity index (χ2v) is 7.33. The molecule has 0 aromatic heterocycles. The zero-order valence-corrected chi connectivity index (χ0v) is 15.7. The highest BCUT2D eigenvalue weighted by molar-refractivity contribution is 5.91. The molecule has 3 rings (SSSR count). The number of benzene rings is 2. The number of likely N-dealkylation sites (tertiary alicyclic amines) is 1. The van der Waals surface area contributed by atoms with E-state index in [1.165, 1.54) is 37.1 Å². The van der Waals surface area contributed by atoms with Crippen molar-refractivity contribution in [3.8, 4) is 5.75 Å². The Bertz CT molecular complexity index is 710. The van der Waals surface area contributed by atoms with Crippen molar-refractivity contribution < 1.29 is 9.53 Å². The summed E-state index contributed by atoms with van der Waals surface area (Å²) in [5.41, 5.74) is 3.26. The molecule has 0 bridgehead atoms. The fourth-order valence-corrected chi connectivity index (χ4v) is 3.36. The monoisotopic (exact) mass is 352 g/mol. The van der Waals surface area contributed by atoms with Gasteiger partial charge in [0.05, 0.1) is 0 Å². The van der Waals surface area contributed by atoms with E-state index < -0.39 is 0 Å². The predicted molar refractivity (Wildman–Crippen MR) is 105 cm³/mol. The number of rotatable bonds is 6. The van der Waals surface area contributed by atoms with Crippen LogP contribution in [0.2, 0.25) is 0 Å². The normalized spacial score (nSPS) is 17.7. The Kier molecular flexibility index (Phi) is 6.29. The lowest BCUT2D eigenvalue weighted by atomic mass is 10.00. The molecule has 1 atom stereocenters. The average molecular weight is 352 g/mol. The van der Waals surface area contributed by atoms with E-state index in [9.17, 15) is 4.79 Å². The Morgan fingerprint density at radius 2 is 1.88 bits per heavy atom. The van der Waals surface area contributed by atoms with Crippen LogP contribution in [0.3, 0.4) is 0 Å². The Morgan fingerprint density at radius 1 is 1.15 bits per heavy atom. The molecule has 2 aromatic rings. The lowest BCUT2D eigenvalue weighted by Gasteiger charge is -2.30. The molecule has 4 nitrogen and oxygen atoms in total. The van der Waals surface area contributed by atoms with Crippen LogP contribution in [0.5, 0.6) is 5.75 Å². The molecule has 1 saturated heterocycles. The van der Waals surface area contributed by atoms with E-state index in [4.69, 9.17) is 4.74 Å². The minimum absolute atomic E-state index is 0.0104. The maximum atomic E-state index is 12.0. The quantitative estimate of drug-likeness (QED) is 0.845. The number of piperidine rings is 1. The Balaban J connectivity index is 1.45. The molecule has 1 heterocycles. The molecule has 138 valence electrons. The summed E-state index contributed by atoms with van der Waals surface area (Å²) in [4.78, 5) is 14.6. The van der Waals surface area contributed by atoms with Gasteiger partial charge in [-0.25, -0.2) is 0 Å². The van der Waals surface area contributed by atoms with Gasteiger partial charge in [-0.3, -0.25) is 9.69 Å². The van der Waals surface area contributed by atoms with Crippen molar-refractivity contribution in [2.24, 2.45) is 5.92 Å². The minimum Gasteiger partial charge on any atom is -0.484 e. The van der Waals surface area contributed by atoms with Gasteiger partial charge in [-0.05, 0) is 62.1 Å². The van der Waals surface area contributed by atoms with Gasteiger partial charge in [-0.1, -0.05) is 36.8 Å². The van der Waals surface area contributed by atoms with Crippen LogP contribution >= 0.6 is 0 Å². The minimum atomic E-state index is -0.150. The molecule has 1 fully saturated rings. The Hall–Kier alpha value is -2.33. The zero-order chi connectivity index (χ0) is 18.4. The van der Waals surface area contributed by atoms with Crippen LogP contribution in [0, 0.1) is 12.8 Å². The maximum Gasteiger partial charge on any atom is 0.262 e. The summed E-state index contributed by atoms with van der Waals surface area (Å²) in [6, 6.07) is 15.8. The van der Waals surface area contributed by atoms with Crippen molar-refractivity contribution in [2.75, 3.05) is 25.0 Å². The molecule has 4 heteroatoms. The average Bonchev–Trinajstić information content (AvgIpc) is 2.63. The van der Waals surface area contributed by atoms with E-state index in [0.29, 0.717) is 5.75 Å². The first-order chi connectivity index (χ1) is 12.6. The first kappa shape index (κ1) is 18.5. The molecule has 0 spiro atoms. The van der Waals surface area contributed by atoms with Crippen molar-refractivity contribution >= 4 is 11.6 Å². The second kappa shape index (κ2) is 8.86. The summed E-state index contributed by atoms with van der Waals surface area (Å²) in [7, 11) is 0. The van der Waals surface area contributed by atoms with Gasteiger partial charge >= 0.3 is 0 Å². The number of nitrogens with zero attached hydrogens (tertiary/aromatic N) is 1. The number of anilines is 1. The Labute approximate surface area is 156 Å². The van der Waals surface area contributed by atoms with E-state index in [-0.39, 0.29) is 12.5 Å². The lowest BCUT2D eigenvalue weighted by molar-refractivity contribution is -0.118. The highest BCUT2D eigenvalue weighted by Gasteiger charge is 2.16. The first-order valence-electron chi connectivity index (χ1n) is 9.39. The van der Waals surface area contributed by atoms with E-state index >= 15 is 0 Å². The SMILES string of the molecule is Cc1ccc(OCC(=O)Nc2ccc(CN3CCCC(C)C3)cc2)cc1. The number of carbonyl (C=O) groups excluding carboxylic acids is 1. The van der Waals surface area contributed by atoms with E-state index in [0.717, 1.165) is 18.2 Å². The number of amides is 1. The molecule has 2 aromatic carbocycles. The lowest BCUT2D eigenvalue weighted by Crippen LogP contribution is -2.33. The highest BCUT2D eigenvalue weighted by Crippen LogP contribution is 2.19. The van der Waals surface area contributed by atoms with Gasteiger partial charge in [0.15, 0.2) is 6.61 Å². The van der Waals surface area contributed by atoms with Crippen LogP contribution in [0.1, 0.15) is 30.9 Å². The molecule has 1 aliphatic heterocycles. The number of hydrogen-bond acceptors (Lipinski definition) is 3. The van der Waals surface area contributed by atoms with Crippen LogP contribution in [0.15, 0.2) is 48.5 Å². The fourth-order valence-electron chi connectivity index (χ4n) is 3.36. The van der Waals surface area contributed by atoms with E-state index in [1.807, 2.05) is 43.3 Å². The number of nitrogens with one attached hydrogen (secondary N) is 1. The summed E-state index contributed by atoms with van der Waals surface area (Å²) in [5, 5.41) is 2.88. The third-order valence-electron chi connectivity index (χ3n) is 4.78. The number of carbonyl (C=O) groups is 1. The van der Waals surface area contributed by atoms with Crippen molar-refractivity contribution in [3.63, 3.8) is 0 Å². The smallest absolute Gasteiger partial charge is 0.262 e. The van der Waals surface area contributed by atoms with Crippen LogP contribution in [0.25, 0.3) is 0 Å². The second-order valence-electron chi connectivity index (χ2n) is 7.33. The summed E-state index contributed by atoms with van der Waals surface area (Å²) in [6.45, 7) is 7.69. The highest BCUT2D eigenvalue weighted by atomic mass is 16.5. The van der Waals surface area contributed by atoms with Crippen LogP contribution in [-0.2, 0) is 11.3 Å². The van der Waals surface area contributed by atoms with Gasteiger partial charge in [0.2, 0.25) is 0 Å². The van der Waals surface area contributed by atoms with Gasteiger partial charge < -0.3 is 10.1 Å². The zero-order valence-electron chi connectivity index (χ0n) is 15.7. The standard InChI is InChI=1S/C22H28N2O2/c1-17-5-11-21(12-6-17)26-16-22(25)23-20-9-7-19(8-10-20)15-24-13-3-4-18(2)14-24/h5-12,18H,3-4,13-16H2,1-2H3,(H,23,25). The maximum absolute atomic E-state index is 12.0. The number of hydrogen-bond donors (Lipinski definition) is 1. The number of ether oxygens (including phenoxy) is 1. The van der Waals surface area contributed by atoms with Crippen LogP contribution in [0.4, 0.5) is 5.69 Å². The molecule has 1 N–H and O–H groups in total. The fraction of sp³-hybridized carbons (Fsp3) is 0.409. The Morgan fingerprint density at radius 3 is 2.58 bits per heavy atom. The molecule has 0 saturated carbocycles. The molecular weight excluding hydrogens is 324 g/mol. The van der Waals surface area contributed by atoms with Crippen LogP contribution < -0.4 is 10.1 Å². The largest absolute Gasteiger partial charge is 0.484 e. The molecule has 0 aliphatic carbocycles. The van der Waals surface area contributed by atoms with Crippen LogP contribution in [-0.4, -0.2) is 30.5 Å². The first-order valence-corrected chi connectivity index (χ1v) is 9.39. The van der Waals surface area contributed by atoms with Crippen molar-refractivity contribution in [1.29, 1.82) is 0 Å². The summed E-state index contributed by atoms with van der Waals surface area (Å²) in [6.07, 6.45) is 2.63. The summed E-state index contributed by atoms with van der Waals surface area (Å²) in [5.74, 6) is 1.34. The molecule has 26 heavy (non-hydrogen) atoms. The molecular formula is C22H28N2O2. The van der Waals surface area contributed by atoms with E-state index in [2.05, 4.69) is 29.3 Å². The molecule has 1 amide bonds.